The molecule has 194 valence electrons. The Morgan fingerprint density at radius 2 is 1.78 bits per heavy atom. The number of fused-ring (bicyclic) bond motifs is 1. The van der Waals surface area contributed by atoms with Gasteiger partial charge in [-0.05, 0) is 63.5 Å². The Morgan fingerprint density at radius 1 is 1.03 bits per heavy atom. The summed E-state index contributed by atoms with van der Waals surface area (Å²) in [5.74, 6) is 0.973. The summed E-state index contributed by atoms with van der Waals surface area (Å²) >= 11 is 0. The van der Waals surface area contributed by atoms with Crippen LogP contribution in [0.4, 0.5) is 13.2 Å². The molecule has 2 unspecified atom stereocenters. The predicted octanol–water partition coefficient (Wildman–Crippen LogP) is 4.92. The molecule has 2 atom stereocenters. The molecule has 7 nitrogen and oxygen atoms in total. The van der Waals surface area contributed by atoms with Crippen LogP contribution in [-0.2, 0) is 17.2 Å². The average Bonchev–Trinajstić information content (AvgIpc) is 3.63. The van der Waals surface area contributed by atoms with Crippen molar-refractivity contribution in [2.75, 3.05) is 6.61 Å². The largest absolute Gasteiger partial charge is 0.394 e. The minimum Gasteiger partial charge on any atom is -0.373 e. The molecule has 0 amide bonds. The number of halogens is 3. The number of nitrogens with zero attached hydrogens (tertiary/aromatic N) is 5. The van der Waals surface area contributed by atoms with Crippen molar-refractivity contribution < 1.29 is 17.9 Å². The molecule has 0 radical (unpaired) electrons. The van der Waals surface area contributed by atoms with Crippen LogP contribution in [0, 0.1) is 12.3 Å². The number of hydrogen-bond acceptors (Lipinski definition) is 6. The van der Waals surface area contributed by atoms with Gasteiger partial charge in [-0.25, -0.2) is 19.9 Å². The molecule has 1 saturated heterocycles. The molecule has 5 aliphatic rings. The Labute approximate surface area is 211 Å². The van der Waals surface area contributed by atoms with Gasteiger partial charge in [0.15, 0.2) is 5.65 Å². The van der Waals surface area contributed by atoms with Crippen molar-refractivity contribution >= 4 is 11.2 Å². The van der Waals surface area contributed by atoms with Crippen LogP contribution in [0.1, 0.15) is 91.4 Å². The smallest absolute Gasteiger partial charge is 0.373 e. The highest BCUT2D eigenvalue weighted by Crippen LogP contribution is 2.78. The molecule has 4 heterocycles. The second-order valence-electron chi connectivity index (χ2n) is 11.7. The first-order chi connectivity index (χ1) is 17.6. The summed E-state index contributed by atoms with van der Waals surface area (Å²) in [4.78, 5) is 31.4. The number of aromatic nitrogens is 5. The van der Waals surface area contributed by atoms with Gasteiger partial charge in [0, 0.05) is 43.2 Å². The van der Waals surface area contributed by atoms with Crippen LogP contribution in [-0.4, -0.2) is 37.3 Å². The zero-order valence-electron chi connectivity index (χ0n) is 20.8. The lowest BCUT2D eigenvalue weighted by molar-refractivity contribution is -0.337. The topological polar surface area (TPSA) is 82.8 Å². The number of aryl methyl sites for hydroxylation is 2. The van der Waals surface area contributed by atoms with Crippen LogP contribution in [0.5, 0.6) is 0 Å². The first-order valence-corrected chi connectivity index (χ1v) is 13.0. The van der Waals surface area contributed by atoms with Crippen molar-refractivity contribution in [2.45, 2.75) is 81.4 Å². The van der Waals surface area contributed by atoms with Crippen molar-refractivity contribution in [3.8, 4) is 0 Å². The van der Waals surface area contributed by atoms with E-state index in [1.165, 1.54) is 10.6 Å². The minimum absolute atomic E-state index is 0.0319. The fourth-order valence-corrected chi connectivity index (χ4v) is 6.77. The summed E-state index contributed by atoms with van der Waals surface area (Å²) in [5.41, 5.74) is 2.12. The van der Waals surface area contributed by atoms with Crippen LogP contribution in [0.15, 0.2) is 23.1 Å². The monoisotopic (exact) mass is 511 g/mol. The highest BCUT2D eigenvalue weighted by molar-refractivity contribution is 5.75. The van der Waals surface area contributed by atoms with Gasteiger partial charge in [0.25, 0.3) is 0 Å². The third kappa shape index (κ3) is 3.47. The third-order valence-electron chi connectivity index (χ3n) is 8.99. The summed E-state index contributed by atoms with van der Waals surface area (Å²) in [5, 5.41) is 0. The number of rotatable bonds is 4. The summed E-state index contributed by atoms with van der Waals surface area (Å²) in [6, 6.07) is 3.32. The minimum atomic E-state index is -4.19. The van der Waals surface area contributed by atoms with Crippen molar-refractivity contribution in [3.63, 3.8) is 0 Å². The van der Waals surface area contributed by atoms with E-state index >= 15 is 0 Å². The Bertz CT molecular complexity index is 1480. The van der Waals surface area contributed by atoms with Gasteiger partial charge >= 0.3 is 6.18 Å². The maximum absolute atomic E-state index is 13.7. The molecule has 3 aromatic rings. The fraction of sp³-hybridized carbons (Fsp3) is 0.593. The van der Waals surface area contributed by atoms with E-state index in [0.717, 1.165) is 29.8 Å². The molecular weight excluding hydrogens is 483 g/mol. The molecule has 5 fully saturated rings. The predicted molar refractivity (Wildman–Crippen MR) is 128 cm³/mol. The molecule has 4 saturated carbocycles. The first-order valence-electron chi connectivity index (χ1n) is 13.0. The maximum Gasteiger partial charge on any atom is 0.394 e. The summed E-state index contributed by atoms with van der Waals surface area (Å²) < 4.78 is 48.6. The van der Waals surface area contributed by atoms with Gasteiger partial charge in [0.2, 0.25) is 5.56 Å². The lowest BCUT2D eigenvalue weighted by atomic mass is 9.34. The number of ether oxygens (including phenoxy) is 1. The maximum atomic E-state index is 13.7. The van der Waals surface area contributed by atoms with Gasteiger partial charge in [0.1, 0.15) is 11.3 Å². The molecule has 4 aliphatic carbocycles. The van der Waals surface area contributed by atoms with Crippen LogP contribution < -0.4 is 5.56 Å². The SMILES string of the molecule is Cc1nc2c(C34CC(C(F)(F)F)(C3)C4)nc(C3CCOC(c4ccc(=O)n(C)c4)C3)nc2nc1C1CC1. The molecule has 2 bridgehead atoms. The Kier molecular flexibility index (Phi) is 4.77. The number of pyridine rings is 1. The van der Waals surface area contributed by atoms with Gasteiger partial charge in [-0.3, -0.25) is 4.79 Å². The van der Waals surface area contributed by atoms with Crippen molar-refractivity contribution in [1.82, 2.24) is 24.5 Å². The van der Waals surface area contributed by atoms with Gasteiger partial charge in [0.05, 0.1) is 28.6 Å². The van der Waals surface area contributed by atoms with Gasteiger partial charge in [-0.1, -0.05) is 0 Å². The second-order valence-corrected chi connectivity index (χ2v) is 11.7. The van der Waals surface area contributed by atoms with Crippen molar-refractivity contribution in [2.24, 2.45) is 12.5 Å². The molecule has 3 aromatic heterocycles. The number of alkyl halides is 3. The van der Waals surface area contributed by atoms with E-state index < -0.39 is 17.0 Å². The van der Waals surface area contributed by atoms with Crippen molar-refractivity contribution in [3.05, 3.63) is 57.2 Å². The van der Waals surface area contributed by atoms with E-state index in [4.69, 9.17) is 24.7 Å². The molecule has 0 spiro atoms. The van der Waals surface area contributed by atoms with E-state index in [1.807, 2.05) is 6.92 Å². The van der Waals surface area contributed by atoms with Crippen LogP contribution >= 0.6 is 0 Å². The van der Waals surface area contributed by atoms with Gasteiger partial charge < -0.3 is 9.30 Å². The van der Waals surface area contributed by atoms with Crippen LogP contribution in [0.2, 0.25) is 0 Å². The normalized spacial score (nSPS) is 31.2. The standard InChI is InChI=1S/C27H28F3N5O2/c1-14-20(15-3-4-15)32-24-21(31-14)22(25-11-26(12-25,13-25)27(28,29)30)33-23(34-24)16-7-8-37-18(9-16)17-5-6-19(36)35(2)10-17/h5-6,10,15-16,18H,3-4,7-9,11-13H2,1-2H3. The quantitative estimate of drug-likeness (QED) is 0.494. The van der Waals surface area contributed by atoms with E-state index in [0.29, 0.717) is 48.0 Å². The number of hydrogen-bond donors (Lipinski definition) is 0. The molecule has 0 aromatic carbocycles. The lowest BCUT2D eigenvalue weighted by Crippen LogP contribution is -2.70. The molecule has 1 aliphatic heterocycles. The molecule has 8 rings (SSSR count). The summed E-state index contributed by atoms with van der Waals surface area (Å²) in [6.07, 6.45) is 1.05. The Balaban J connectivity index is 1.28. The Morgan fingerprint density at radius 3 is 2.46 bits per heavy atom. The van der Waals surface area contributed by atoms with E-state index in [2.05, 4.69) is 0 Å². The summed E-state index contributed by atoms with van der Waals surface area (Å²) in [7, 11) is 1.71. The third-order valence-corrected chi connectivity index (χ3v) is 8.99. The molecule has 37 heavy (non-hydrogen) atoms. The van der Waals surface area contributed by atoms with E-state index in [-0.39, 0.29) is 36.8 Å². The molecular formula is C27H28F3N5O2. The zero-order valence-corrected chi connectivity index (χ0v) is 20.8. The Hall–Kier alpha value is -2.88. The van der Waals surface area contributed by atoms with Gasteiger partial charge in [-0.15, -0.1) is 0 Å². The van der Waals surface area contributed by atoms with Crippen LogP contribution in [0.3, 0.4) is 0 Å². The lowest BCUT2D eigenvalue weighted by Gasteiger charge is -2.70. The highest BCUT2D eigenvalue weighted by Gasteiger charge is 2.79. The zero-order chi connectivity index (χ0) is 25.7. The average molecular weight is 512 g/mol. The first kappa shape index (κ1) is 23.3. The van der Waals surface area contributed by atoms with E-state index in [9.17, 15) is 18.0 Å². The van der Waals surface area contributed by atoms with Crippen molar-refractivity contribution in [1.29, 1.82) is 0 Å². The molecule has 0 N–H and O–H groups in total. The second kappa shape index (κ2) is 7.58. The van der Waals surface area contributed by atoms with E-state index in [1.54, 1.807) is 19.3 Å². The van der Waals surface area contributed by atoms with Crippen LogP contribution in [0.25, 0.3) is 11.2 Å². The highest BCUT2D eigenvalue weighted by atomic mass is 19.4. The van der Waals surface area contributed by atoms with Gasteiger partial charge in [-0.2, -0.15) is 13.2 Å². The molecule has 10 heteroatoms. The fourth-order valence-electron chi connectivity index (χ4n) is 6.77. The summed E-state index contributed by atoms with van der Waals surface area (Å²) in [6.45, 7) is 2.43.